The third-order valence-electron chi connectivity index (χ3n) is 6.42. The topological polar surface area (TPSA) is 77.4 Å². The fourth-order valence-corrected chi connectivity index (χ4v) is 5.47. The molecule has 1 fully saturated rings. The number of benzene rings is 3. The number of thioether (sulfide) groups is 1. The molecule has 0 aromatic heterocycles. The van der Waals surface area contributed by atoms with E-state index in [0.29, 0.717) is 46.0 Å². The standard InChI is InChI=1S/C31H32N2O5S/c1-7-33-29(34)28(39-31(33)32-24-11-9-23(10-12-24)30(35)37-6)17-22-8-13-26(27(16-22)36-5)38-18-25-20(3)14-19(2)15-21(25)4/h8-17H,7,18H2,1-6H3. The molecule has 0 bridgehead atoms. The maximum absolute atomic E-state index is 13.1. The zero-order chi connectivity index (χ0) is 28.1. The Labute approximate surface area is 233 Å². The lowest BCUT2D eigenvalue weighted by molar-refractivity contribution is -0.122. The molecule has 0 saturated carbocycles. The van der Waals surface area contributed by atoms with Gasteiger partial charge < -0.3 is 14.2 Å². The van der Waals surface area contributed by atoms with Gasteiger partial charge in [0.2, 0.25) is 0 Å². The molecule has 1 saturated heterocycles. The van der Waals surface area contributed by atoms with E-state index in [0.717, 1.165) is 11.1 Å². The first kappa shape index (κ1) is 28.0. The van der Waals surface area contributed by atoms with Crippen LogP contribution in [0.15, 0.2) is 64.5 Å². The number of likely N-dealkylation sites (N-methyl/N-ethyl adjacent to an activating group) is 1. The third kappa shape index (κ3) is 6.34. The Balaban J connectivity index is 1.54. The van der Waals surface area contributed by atoms with E-state index < -0.39 is 5.97 Å². The van der Waals surface area contributed by atoms with Gasteiger partial charge in [-0.25, -0.2) is 9.79 Å². The number of aliphatic imine (C=N–C) groups is 1. The minimum atomic E-state index is -0.410. The lowest BCUT2D eigenvalue weighted by Gasteiger charge is -2.15. The molecule has 7 nitrogen and oxygen atoms in total. The summed E-state index contributed by atoms with van der Waals surface area (Å²) in [5.41, 5.74) is 6.68. The molecule has 0 aliphatic carbocycles. The first-order chi connectivity index (χ1) is 18.7. The van der Waals surface area contributed by atoms with Crippen molar-refractivity contribution in [2.24, 2.45) is 4.99 Å². The van der Waals surface area contributed by atoms with E-state index in [1.54, 1.807) is 36.3 Å². The number of amidine groups is 1. The number of esters is 1. The number of carbonyl (C=O) groups excluding carboxylic acids is 2. The van der Waals surface area contributed by atoms with Crippen molar-refractivity contribution < 1.29 is 23.8 Å². The molecule has 3 aromatic carbocycles. The largest absolute Gasteiger partial charge is 0.493 e. The average Bonchev–Trinajstić information content (AvgIpc) is 3.21. The van der Waals surface area contributed by atoms with E-state index in [1.165, 1.54) is 35.6 Å². The van der Waals surface area contributed by atoms with Gasteiger partial charge in [0.1, 0.15) is 6.61 Å². The van der Waals surface area contributed by atoms with Gasteiger partial charge in [0.15, 0.2) is 16.7 Å². The molecule has 0 radical (unpaired) electrons. The number of hydrogen-bond acceptors (Lipinski definition) is 7. The van der Waals surface area contributed by atoms with Crippen LogP contribution < -0.4 is 9.47 Å². The van der Waals surface area contributed by atoms with Crippen molar-refractivity contribution in [3.05, 3.63) is 92.9 Å². The second-order valence-corrected chi connectivity index (χ2v) is 10.2. The van der Waals surface area contributed by atoms with Gasteiger partial charge in [0, 0.05) is 6.54 Å². The van der Waals surface area contributed by atoms with Crippen LogP contribution in [0, 0.1) is 20.8 Å². The fourth-order valence-electron chi connectivity index (χ4n) is 4.40. The van der Waals surface area contributed by atoms with Gasteiger partial charge >= 0.3 is 5.97 Å². The minimum Gasteiger partial charge on any atom is -0.493 e. The summed E-state index contributed by atoms with van der Waals surface area (Å²) in [6.07, 6.45) is 1.83. The van der Waals surface area contributed by atoms with Crippen LogP contribution in [0.1, 0.15) is 45.1 Å². The Morgan fingerprint density at radius 3 is 2.28 bits per heavy atom. The van der Waals surface area contributed by atoms with E-state index in [2.05, 4.69) is 37.9 Å². The average molecular weight is 545 g/mol. The van der Waals surface area contributed by atoms with Crippen molar-refractivity contribution in [3.63, 3.8) is 0 Å². The summed E-state index contributed by atoms with van der Waals surface area (Å²) >= 11 is 1.31. The molecule has 1 amide bonds. The van der Waals surface area contributed by atoms with Crippen LogP contribution >= 0.6 is 11.8 Å². The quantitative estimate of drug-likeness (QED) is 0.235. The van der Waals surface area contributed by atoms with Crippen molar-refractivity contribution in [1.29, 1.82) is 0 Å². The number of amides is 1. The van der Waals surface area contributed by atoms with Crippen molar-refractivity contribution in [1.82, 2.24) is 4.90 Å². The van der Waals surface area contributed by atoms with Crippen molar-refractivity contribution in [3.8, 4) is 11.5 Å². The number of nitrogens with zero attached hydrogens (tertiary/aromatic N) is 2. The highest BCUT2D eigenvalue weighted by molar-refractivity contribution is 8.18. The summed E-state index contributed by atoms with van der Waals surface area (Å²) in [7, 11) is 2.94. The monoisotopic (exact) mass is 544 g/mol. The van der Waals surface area contributed by atoms with Crippen molar-refractivity contribution in [2.45, 2.75) is 34.3 Å². The van der Waals surface area contributed by atoms with E-state index in [9.17, 15) is 9.59 Å². The summed E-state index contributed by atoms with van der Waals surface area (Å²) in [6, 6.07) is 16.7. The second kappa shape index (κ2) is 12.2. The summed E-state index contributed by atoms with van der Waals surface area (Å²) in [5.74, 6) is 0.704. The molecule has 0 unspecified atom stereocenters. The summed E-state index contributed by atoms with van der Waals surface area (Å²) in [6.45, 7) is 9.10. The number of carbonyl (C=O) groups is 2. The minimum absolute atomic E-state index is 0.114. The molecule has 0 atom stereocenters. The Hall–Kier alpha value is -4.04. The van der Waals surface area contributed by atoms with Gasteiger partial charge in [0.05, 0.1) is 30.4 Å². The molecule has 1 heterocycles. The normalized spacial score (nSPS) is 15.2. The molecule has 202 valence electrons. The summed E-state index contributed by atoms with van der Waals surface area (Å²) in [4.78, 5) is 31.7. The highest BCUT2D eigenvalue weighted by Gasteiger charge is 2.32. The first-order valence-electron chi connectivity index (χ1n) is 12.6. The molecule has 1 aliphatic rings. The lowest BCUT2D eigenvalue weighted by Crippen LogP contribution is -2.28. The number of aryl methyl sites for hydroxylation is 3. The zero-order valence-corrected chi connectivity index (χ0v) is 23.8. The Morgan fingerprint density at radius 1 is 0.974 bits per heavy atom. The molecule has 39 heavy (non-hydrogen) atoms. The molecular weight excluding hydrogens is 512 g/mol. The molecule has 1 aliphatic heterocycles. The van der Waals surface area contributed by atoms with E-state index in [1.807, 2.05) is 31.2 Å². The van der Waals surface area contributed by atoms with Gasteiger partial charge in [0.25, 0.3) is 5.91 Å². The molecule has 4 rings (SSSR count). The van der Waals surface area contributed by atoms with E-state index in [4.69, 9.17) is 14.2 Å². The van der Waals surface area contributed by atoms with Gasteiger partial charge in [-0.1, -0.05) is 23.8 Å². The van der Waals surface area contributed by atoms with E-state index >= 15 is 0 Å². The van der Waals surface area contributed by atoms with Gasteiger partial charge in [-0.05, 0) is 104 Å². The number of hydrogen-bond donors (Lipinski definition) is 0. The predicted octanol–water partition coefficient (Wildman–Crippen LogP) is 6.61. The maximum Gasteiger partial charge on any atom is 0.337 e. The fraction of sp³-hybridized carbons (Fsp3) is 0.258. The molecular formula is C31H32N2O5S. The third-order valence-corrected chi connectivity index (χ3v) is 7.42. The highest BCUT2D eigenvalue weighted by atomic mass is 32.2. The van der Waals surface area contributed by atoms with Gasteiger partial charge in [-0.15, -0.1) is 0 Å². The van der Waals surface area contributed by atoms with Crippen LogP contribution in [-0.2, 0) is 16.1 Å². The van der Waals surface area contributed by atoms with Crippen LogP contribution in [0.25, 0.3) is 6.08 Å². The Bertz CT molecular complexity index is 1440. The zero-order valence-electron chi connectivity index (χ0n) is 23.0. The Morgan fingerprint density at radius 2 is 1.67 bits per heavy atom. The molecule has 0 spiro atoms. The van der Waals surface area contributed by atoms with Crippen LogP contribution in [0.5, 0.6) is 11.5 Å². The molecule has 3 aromatic rings. The van der Waals surface area contributed by atoms with Crippen LogP contribution in [-0.4, -0.2) is 42.7 Å². The first-order valence-corrected chi connectivity index (χ1v) is 13.4. The molecule has 0 N–H and O–H groups in total. The number of ether oxygens (including phenoxy) is 3. The summed E-state index contributed by atoms with van der Waals surface area (Å²) in [5, 5.41) is 0.579. The van der Waals surface area contributed by atoms with Gasteiger partial charge in [-0.3, -0.25) is 9.69 Å². The lowest BCUT2D eigenvalue weighted by atomic mass is 10.0. The van der Waals surface area contributed by atoms with Gasteiger partial charge in [-0.2, -0.15) is 0 Å². The van der Waals surface area contributed by atoms with E-state index in [-0.39, 0.29) is 5.91 Å². The second-order valence-electron chi connectivity index (χ2n) is 9.17. The highest BCUT2D eigenvalue weighted by Crippen LogP contribution is 2.36. The summed E-state index contributed by atoms with van der Waals surface area (Å²) < 4.78 is 16.5. The smallest absolute Gasteiger partial charge is 0.337 e. The van der Waals surface area contributed by atoms with Crippen molar-refractivity contribution in [2.75, 3.05) is 20.8 Å². The number of methoxy groups -OCH3 is 2. The number of rotatable bonds is 8. The molecule has 8 heteroatoms. The van der Waals surface area contributed by atoms with Crippen LogP contribution in [0.3, 0.4) is 0 Å². The maximum atomic E-state index is 13.1. The van der Waals surface area contributed by atoms with Crippen molar-refractivity contribution >= 4 is 40.6 Å². The predicted molar refractivity (Wildman–Crippen MR) is 156 cm³/mol. The Kier molecular flexibility index (Phi) is 8.76. The SMILES string of the molecule is CCN1C(=O)C(=Cc2ccc(OCc3c(C)cc(C)cc3C)c(OC)c2)SC1=Nc1ccc(C(=O)OC)cc1. The van der Waals surface area contributed by atoms with Crippen LogP contribution in [0.2, 0.25) is 0 Å². The van der Waals surface area contributed by atoms with Crippen LogP contribution in [0.4, 0.5) is 5.69 Å².